The average Bonchev–Trinajstić information content (AvgIpc) is 2.38. The largest absolute Gasteiger partial charge is 0.378 e. The molecule has 1 aliphatic rings. The highest BCUT2D eigenvalue weighted by Gasteiger charge is 2.11. The van der Waals surface area contributed by atoms with Crippen molar-refractivity contribution in [3.05, 3.63) is 34.9 Å². The van der Waals surface area contributed by atoms with Gasteiger partial charge < -0.3 is 15.4 Å². The fraction of sp³-hybridized carbons (Fsp3) is 0.600. The third-order valence-corrected chi connectivity index (χ3v) is 3.46. The smallest absolute Gasteiger partial charge is 0.0632 e. The third-order valence-electron chi connectivity index (χ3n) is 3.46. The Bertz CT molecular complexity index is 373. The van der Waals surface area contributed by atoms with Crippen LogP contribution >= 0.6 is 0 Å². The maximum absolute atomic E-state index is 5.43. The minimum atomic E-state index is 0.470. The summed E-state index contributed by atoms with van der Waals surface area (Å²) in [5.74, 6) is 0. The summed E-state index contributed by atoms with van der Waals surface area (Å²) in [4.78, 5) is 0. The Hall–Kier alpha value is -0.900. The van der Waals surface area contributed by atoms with Gasteiger partial charge in [0.25, 0.3) is 0 Å². The van der Waals surface area contributed by atoms with Gasteiger partial charge in [0.15, 0.2) is 0 Å². The molecule has 0 aliphatic carbocycles. The highest BCUT2D eigenvalue weighted by atomic mass is 16.5. The summed E-state index contributed by atoms with van der Waals surface area (Å²) in [6.07, 6.45) is 1.10. The van der Waals surface area contributed by atoms with Crippen molar-refractivity contribution in [2.24, 2.45) is 0 Å². The molecule has 0 bridgehead atoms. The zero-order chi connectivity index (χ0) is 12.8. The molecule has 0 aromatic heterocycles. The predicted molar refractivity (Wildman–Crippen MR) is 75.1 cm³/mol. The molecule has 1 atom stereocenters. The Kier molecular flexibility index (Phi) is 5.17. The van der Waals surface area contributed by atoms with Crippen molar-refractivity contribution in [2.75, 3.05) is 32.8 Å². The molecule has 3 heteroatoms. The van der Waals surface area contributed by atoms with Crippen LogP contribution in [-0.2, 0) is 11.2 Å². The van der Waals surface area contributed by atoms with Crippen molar-refractivity contribution in [3.8, 4) is 0 Å². The van der Waals surface area contributed by atoms with Gasteiger partial charge >= 0.3 is 0 Å². The van der Waals surface area contributed by atoms with Crippen LogP contribution in [0.25, 0.3) is 0 Å². The first-order valence-corrected chi connectivity index (χ1v) is 6.83. The SMILES string of the molecule is Cc1ccc(CCNCC2COCCN2)c(C)c1. The molecule has 1 saturated heterocycles. The van der Waals surface area contributed by atoms with E-state index >= 15 is 0 Å². The van der Waals surface area contributed by atoms with Crippen LogP contribution in [0.3, 0.4) is 0 Å². The van der Waals surface area contributed by atoms with Crippen LogP contribution < -0.4 is 10.6 Å². The first kappa shape index (κ1) is 13.5. The van der Waals surface area contributed by atoms with Crippen molar-refractivity contribution < 1.29 is 4.74 Å². The van der Waals surface area contributed by atoms with Crippen LogP contribution in [0.4, 0.5) is 0 Å². The Morgan fingerprint density at radius 2 is 2.28 bits per heavy atom. The third kappa shape index (κ3) is 4.09. The molecule has 1 fully saturated rings. The Labute approximate surface area is 110 Å². The van der Waals surface area contributed by atoms with E-state index in [4.69, 9.17) is 4.74 Å². The number of hydrogen-bond acceptors (Lipinski definition) is 3. The molecule has 1 heterocycles. The van der Waals surface area contributed by atoms with E-state index in [1.54, 1.807) is 0 Å². The monoisotopic (exact) mass is 248 g/mol. The van der Waals surface area contributed by atoms with E-state index in [2.05, 4.69) is 42.7 Å². The minimum Gasteiger partial charge on any atom is -0.378 e. The first-order chi connectivity index (χ1) is 8.75. The second kappa shape index (κ2) is 6.88. The van der Waals surface area contributed by atoms with Crippen LogP contribution in [-0.4, -0.2) is 38.9 Å². The van der Waals surface area contributed by atoms with Crippen LogP contribution in [0.15, 0.2) is 18.2 Å². The van der Waals surface area contributed by atoms with E-state index in [9.17, 15) is 0 Å². The second-order valence-corrected chi connectivity index (χ2v) is 5.11. The lowest BCUT2D eigenvalue weighted by Crippen LogP contribution is -2.47. The van der Waals surface area contributed by atoms with Gasteiger partial charge in [0, 0.05) is 19.1 Å². The van der Waals surface area contributed by atoms with Crippen molar-refractivity contribution in [1.29, 1.82) is 0 Å². The minimum absolute atomic E-state index is 0.470. The summed E-state index contributed by atoms with van der Waals surface area (Å²) >= 11 is 0. The maximum atomic E-state index is 5.43. The van der Waals surface area contributed by atoms with Gasteiger partial charge in [-0.2, -0.15) is 0 Å². The summed E-state index contributed by atoms with van der Waals surface area (Å²) in [7, 11) is 0. The van der Waals surface area contributed by atoms with Crippen LogP contribution in [0.5, 0.6) is 0 Å². The first-order valence-electron chi connectivity index (χ1n) is 6.83. The number of ether oxygens (including phenoxy) is 1. The van der Waals surface area contributed by atoms with Crippen LogP contribution in [0.2, 0.25) is 0 Å². The molecule has 0 amide bonds. The number of hydrogen-bond donors (Lipinski definition) is 2. The van der Waals surface area contributed by atoms with E-state index in [1.165, 1.54) is 16.7 Å². The quantitative estimate of drug-likeness (QED) is 0.773. The molecule has 2 rings (SSSR count). The molecule has 0 spiro atoms. The number of morpholine rings is 1. The number of nitrogens with one attached hydrogen (secondary N) is 2. The zero-order valence-corrected chi connectivity index (χ0v) is 11.5. The Balaban J connectivity index is 1.68. The lowest BCUT2D eigenvalue weighted by atomic mass is 10.0. The highest BCUT2D eigenvalue weighted by Crippen LogP contribution is 2.10. The number of rotatable bonds is 5. The maximum Gasteiger partial charge on any atom is 0.0632 e. The van der Waals surface area contributed by atoms with Gasteiger partial charge in [0.1, 0.15) is 0 Å². The van der Waals surface area contributed by atoms with Gasteiger partial charge in [-0.05, 0) is 37.9 Å². The lowest BCUT2D eigenvalue weighted by molar-refractivity contribution is 0.0768. The van der Waals surface area contributed by atoms with Crippen molar-refractivity contribution in [2.45, 2.75) is 26.3 Å². The summed E-state index contributed by atoms with van der Waals surface area (Å²) in [6.45, 7) is 9.01. The molecule has 3 nitrogen and oxygen atoms in total. The molecule has 0 saturated carbocycles. The molecular weight excluding hydrogens is 224 g/mol. The molecular formula is C15H24N2O. The fourth-order valence-electron chi connectivity index (χ4n) is 2.38. The van der Waals surface area contributed by atoms with E-state index in [1.807, 2.05) is 0 Å². The van der Waals surface area contributed by atoms with Gasteiger partial charge in [0.2, 0.25) is 0 Å². The molecule has 100 valence electrons. The predicted octanol–water partition coefficient (Wildman–Crippen LogP) is 1.42. The Morgan fingerprint density at radius 1 is 1.39 bits per heavy atom. The zero-order valence-electron chi connectivity index (χ0n) is 11.5. The summed E-state index contributed by atoms with van der Waals surface area (Å²) < 4.78 is 5.43. The summed E-state index contributed by atoms with van der Waals surface area (Å²) in [6, 6.07) is 7.16. The van der Waals surface area contributed by atoms with Gasteiger partial charge in [-0.25, -0.2) is 0 Å². The molecule has 2 N–H and O–H groups in total. The molecule has 1 aliphatic heterocycles. The van der Waals surface area contributed by atoms with Crippen LogP contribution in [0, 0.1) is 13.8 Å². The highest BCUT2D eigenvalue weighted by molar-refractivity contribution is 5.30. The van der Waals surface area contributed by atoms with Gasteiger partial charge in [-0.3, -0.25) is 0 Å². The van der Waals surface area contributed by atoms with Gasteiger partial charge in [-0.1, -0.05) is 23.8 Å². The van der Waals surface area contributed by atoms with Crippen molar-refractivity contribution in [3.63, 3.8) is 0 Å². The average molecular weight is 248 g/mol. The van der Waals surface area contributed by atoms with Crippen molar-refractivity contribution >= 4 is 0 Å². The lowest BCUT2D eigenvalue weighted by Gasteiger charge is -2.24. The topological polar surface area (TPSA) is 33.3 Å². The second-order valence-electron chi connectivity index (χ2n) is 5.11. The molecule has 1 aromatic rings. The van der Waals surface area contributed by atoms with E-state index in [-0.39, 0.29) is 0 Å². The molecule has 18 heavy (non-hydrogen) atoms. The molecule has 1 unspecified atom stereocenters. The number of aryl methyl sites for hydroxylation is 2. The molecule has 0 radical (unpaired) electrons. The van der Waals surface area contributed by atoms with E-state index in [0.29, 0.717) is 6.04 Å². The fourth-order valence-corrected chi connectivity index (χ4v) is 2.38. The Morgan fingerprint density at radius 3 is 3.00 bits per heavy atom. The molecule has 1 aromatic carbocycles. The van der Waals surface area contributed by atoms with Gasteiger partial charge in [-0.15, -0.1) is 0 Å². The van der Waals surface area contributed by atoms with Gasteiger partial charge in [0.05, 0.1) is 13.2 Å². The van der Waals surface area contributed by atoms with E-state index in [0.717, 1.165) is 39.3 Å². The number of benzene rings is 1. The summed E-state index contributed by atoms with van der Waals surface area (Å²) in [5.41, 5.74) is 4.18. The van der Waals surface area contributed by atoms with Crippen molar-refractivity contribution in [1.82, 2.24) is 10.6 Å². The normalized spacial score (nSPS) is 20.0. The standard InChI is InChI=1S/C15H24N2O/c1-12-3-4-14(13(2)9-12)5-6-16-10-15-11-18-8-7-17-15/h3-4,9,15-17H,5-8,10-11H2,1-2H3. The van der Waals surface area contributed by atoms with E-state index < -0.39 is 0 Å². The van der Waals surface area contributed by atoms with Crippen LogP contribution in [0.1, 0.15) is 16.7 Å². The summed E-state index contributed by atoms with van der Waals surface area (Å²) in [5, 5.41) is 6.95.